The predicted molar refractivity (Wildman–Crippen MR) is 111 cm³/mol. The van der Waals surface area contributed by atoms with Gasteiger partial charge in [-0.25, -0.2) is 4.39 Å². The van der Waals surface area contributed by atoms with Crippen LogP contribution in [0.15, 0.2) is 54.7 Å². The SMILES string of the molecule is COc1ccccc1N1CCN(c2nncc(NCc3ccccc3F)n2)CC1. The first-order valence-corrected chi connectivity index (χ1v) is 9.54. The van der Waals surface area contributed by atoms with Crippen LogP contribution < -0.4 is 19.9 Å². The van der Waals surface area contributed by atoms with Gasteiger partial charge in [-0.05, 0) is 18.2 Å². The molecule has 1 aliphatic rings. The molecule has 0 bridgehead atoms. The smallest absolute Gasteiger partial charge is 0.247 e. The van der Waals surface area contributed by atoms with Gasteiger partial charge in [0.15, 0.2) is 5.82 Å². The Balaban J connectivity index is 1.39. The molecule has 0 radical (unpaired) electrons. The van der Waals surface area contributed by atoms with Gasteiger partial charge in [0.2, 0.25) is 5.95 Å². The Morgan fingerprint density at radius 2 is 1.72 bits per heavy atom. The average Bonchev–Trinajstić information content (AvgIpc) is 2.79. The lowest BCUT2D eigenvalue weighted by atomic mass is 10.2. The molecule has 0 saturated carbocycles. The van der Waals surface area contributed by atoms with E-state index in [1.807, 2.05) is 24.3 Å². The van der Waals surface area contributed by atoms with E-state index in [9.17, 15) is 4.39 Å². The van der Waals surface area contributed by atoms with Crippen LogP contribution in [0.1, 0.15) is 5.56 Å². The van der Waals surface area contributed by atoms with E-state index in [1.165, 1.54) is 6.07 Å². The van der Waals surface area contributed by atoms with Crippen LogP contribution >= 0.6 is 0 Å². The van der Waals surface area contributed by atoms with Crippen molar-refractivity contribution in [3.05, 3.63) is 66.1 Å². The van der Waals surface area contributed by atoms with Crippen molar-refractivity contribution in [3.63, 3.8) is 0 Å². The summed E-state index contributed by atoms with van der Waals surface area (Å²) in [5, 5.41) is 11.4. The number of hydrogen-bond donors (Lipinski definition) is 1. The number of halogens is 1. The third-order valence-corrected chi connectivity index (χ3v) is 4.95. The lowest BCUT2D eigenvalue weighted by molar-refractivity contribution is 0.413. The van der Waals surface area contributed by atoms with Crippen molar-refractivity contribution < 1.29 is 9.13 Å². The summed E-state index contributed by atoms with van der Waals surface area (Å²) in [6.07, 6.45) is 1.55. The van der Waals surface area contributed by atoms with Gasteiger partial charge in [0.25, 0.3) is 0 Å². The van der Waals surface area contributed by atoms with Gasteiger partial charge in [0, 0.05) is 38.3 Å². The fraction of sp³-hybridized carbons (Fsp3) is 0.286. The van der Waals surface area contributed by atoms with Gasteiger partial charge in [-0.3, -0.25) is 0 Å². The molecule has 8 heteroatoms. The molecule has 4 rings (SSSR count). The number of nitrogens with one attached hydrogen (secondary N) is 1. The monoisotopic (exact) mass is 394 g/mol. The lowest BCUT2D eigenvalue weighted by Crippen LogP contribution is -2.47. The molecule has 0 unspecified atom stereocenters. The average molecular weight is 394 g/mol. The normalized spacial score (nSPS) is 14.0. The fourth-order valence-corrected chi connectivity index (χ4v) is 3.38. The first-order chi connectivity index (χ1) is 14.2. The summed E-state index contributed by atoms with van der Waals surface area (Å²) in [6.45, 7) is 3.55. The molecule has 150 valence electrons. The molecule has 1 aromatic heterocycles. The molecule has 2 heterocycles. The van der Waals surface area contributed by atoms with Gasteiger partial charge in [-0.2, -0.15) is 10.1 Å². The van der Waals surface area contributed by atoms with E-state index in [2.05, 4.69) is 36.4 Å². The topological polar surface area (TPSA) is 66.4 Å². The van der Waals surface area contributed by atoms with E-state index in [-0.39, 0.29) is 5.82 Å². The van der Waals surface area contributed by atoms with Gasteiger partial charge in [0.1, 0.15) is 11.6 Å². The number of methoxy groups -OCH3 is 1. The summed E-state index contributed by atoms with van der Waals surface area (Å²) < 4.78 is 19.3. The molecule has 29 heavy (non-hydrogen) atoms. The first-order valence-electron chi connectivity index (χ1n) is 9.54. The highest BCUT2D eigenvalue weighted by atomic mass is 19.1. The molecule has 2 aromatic carbocycles. The minimum absolute atomic E-state index is 0.241. The highest BCUT2D eigenvalue weighted by Crippen LogP contribution is 2.28. The van der Waals surface area contributed by atoms with Crippen molar-refractivity contribution in [2.45, 2.75) is 6.54 Å². The number of aromatic nitrogens is 3. The molecule has 7 nitrogen and oxygen atoms in total. The fourth-order valence-electron chi connectivity index (χ4n) is 3.38. The number of anilines is 3. The Labute approximate surface area is 169 Å². The Bertz CT molecular complexity index is 961. The van der Waals surface area contributed by atoms with Gasteiger partial charge < -0.3 is 19.9 Å². The molecule has 0 spiro atoms. The minimum atomic E-state index is -0.241. The van der Waals surface area contributed by atoms with Crippen molar-refractivity contribution >= 4 is 17.5 Å². The van der Waals surface area contributed by atoms with E-state index in [0.29, 0.717) is 23.9 Å². The Morgan fingerprint density at radius 3 is 2.52 bits per heavy atom. The molecule has 0 atom stereocenters. The van der Waals surface area contributed by atoms with E-state index in [1.54, 1.807) is 25.4 Å². The van der Waals surface area contributed by atoms with Gasteiger partial charge in [0.05, 0.1) is 19.0 Å². The maximum Gasteiger partial charge on any atom is 0.247 e. The maximum atomic E-state index is 13.8. The van der Waals surface area contributed by atoms with Crippen LogP contribution in [0.3, 0.4) is 0 Å². The van der Waals surface area contributed by atoms with E-state index < -0.39 is 0 Å². The molecular weight excluding hydrogens is 371 g/mol. The maximum absolute atomic E-state index is 13.8. The zero-order valence-corrected chi connectivity index (χ0v) is 16.3. The quantitative estimate of drug-likeness (QED) is 0.689. The zero-order valence-electron chi connectivity index (χ0n) is 16.3. The van der Waals surface area contributed by atoms with Crippen molar-refractivity contribution in [2.24, 2.45) is 0 Å². The minimum Gasteiger partial charge on any atom is -0.495 e. The van der Waals surface area contributed by atoms with Crippen LogP contribution in [-0.4, -0.2) is 48.5 Å². The third-order valence-electron chi connectivity index (χ3n) is 4.95. The van der Waals surface area contributed by atoms with Crippen molar-refractivity contribution in [2.75, 3.05) is 48.4 Å². The predicted octanol–water partition coefficient (Wildman–Crippen LogP) is 2.96. The number of nitrogens with zero attached hydrogens (tertiary/aromatic N) is 5. The second-order valence-electron chi connectivity index (χ2n) is 6.73. The standard InChI is InChI=1S/C21H23FN6O/c1-29-19-9-5-4-8-18(19)27-10-12-28(13-11-27)21-25-20(15-24-26-21)23-14-16-6-2-3-7-17(16)22/h2-9,15H,10-14H2,1H3,(H,23,25,26). The largest absolute Gasteiger partial charge is 0.495 e. The highest BCUT2D eigenvalue weighted by Gasteiger charge is 2.21. The summed E-state index contributed by atoms with van der Waals surface area (Å²) in [5.41, 5.74) is 1.67. The molecule has 1 aliphatic heterocycles. The Kier molecular flexibility index (Phi) is 5.69. The van der Waals surface area contributed by atoms with E-state index in [4.69, 9.17) is 4.74 Å². The van der Waals surface area contributed by atoms with Crippen LogP contribution in [-0.2, 0) is 6.54 Å². The van der Waals surface area contributed by atoms with Crippen LogP contribution in [0.25, 0.3) is 0 Å². The van der Waals surface area contributed by atoms with Crippen LogP contribution in [0.5, 0.6) is 5.75 Å². The van der Waals surface area contributed by atoms with Crippen LogP contribution in [0.2, 0.25) is 0 Å². The lowest BCUT2D eigenvalue weighted by Gasteiger charge is -2.36. The molecule has 3 aromatic rings. The van der Waals surface area contributed by atoms with Gasteiger partial charge >= 0.3 is 0 Å². The zero-order chi connectivity index (χ0) is 20.1. The Morgan fingerprint density at radius 1 is 1.00 bits per heavy atom. The van der Waals surface area contributed by atoms with Gasteiger partial charge in [-0.15, -0.1) is 5.10 Å². The molecule has 1 fully saturated rings. The second-order valence-corrected chi connectivity index (χ2v) is 6.73. The van der Waals surface area contributed by atoms with Crippen LogP contribution in [0.4, 0.5) is 21.8 Å². The summed E-state index contributed by atoms with van der Waals surface area (Å²) in [5.74, 6) is 1.78. The summed E-state index contributed by atoms with van der Waals surface area (Å²) in [4.78, 5) is 8.95. The van der Waals surface area contributed by atoms with E-state index in [0.717, 1.165) is 37.6 Å². The number of hydrogen-bond acceptors (Lipinski definition) is 7. The number of rotatable bonds is 6. The van der Waals surface area contributed by atoms with Crippen molar-refractivity contribution in [1.29, 1.82) is 0 Å². The molecule has 1 N–H and O–H groups in total. The number of ether oxygens (including phenoxy) is 1. The molecule has 0 amide bonds. The second kappa shape index (κ2) is 8.72. The number of benzene rings is 2. The Hall–Kier alpha value is -3.42. The summed E-state index contributed by atoms with van der Waals surface area (Å²) in [6, 6.07) is 14.7. The number of piperazine rings is 1. The summed E-state index contributed by atoms with van der Waals surface area (Å²) in [7, 11) is 1.69. The first kappa shape index (κ1) is 18.9. The third kappa shape index (κ3) is 4.37. The highest BCUT2D eigenvalue weighted by molar-refractivity contribution is 5.59. The van der Waals surface area contributed by atoms with Crippen molar-refractivity contribution in [1.82, 2.24) is 15.2 Å². The van der Waals surface area contributed by atoms with E-state index >= 15 is 0 Å². The number of para-hydroxylation sites is 2. The molecular formula is C21H23FN6O. The van der Waals surface area contributed by atoms with Crippen LogP contribution in [0, 0.1) is 5.82 Å². The molecule has 0 aliphatic carbocycles. The molecule has 1 saturated heterocycles. The van der Waals surface area contributed by atoms with Gasteiger partial charge in [-0.1, -0.05) is 30.3 Å². The summed E-state index contributed by atoms with van der Waals surface area (Å²) >= 11 is 0. The van der Waals surface area contributed by atoms with Crippen molar-refractivity contribution in [3.8, 4) is 5.75 Å².